The number of aliphatic hydroxyl groups is 1. The molecule has 0 saturated heterocycles. The molecule has 18 heavy (non-hydrogen) atoms. The zero-order valence-corrected chi connectivity index (χ0v) is 10.2. The van der Waals surface area contributed by atoms with Gasteiger partial charge in [-0.2, -0.15) is 0 Å². The second-order valence-electron chi connectivity index (χ2n) is 3.99. The molecule has 0 aliphatic rings. The Morgan fingerprint density at radius 2 is 1.89 bits per heavy atom. The minimum absolute atomic E-state index is 0.0275. The molecule has 4 heteroatoms. The highest BCUT2D eigenvalue weighted by molar-refractivity contribution is 7.21. The summed E-state index contributed by atoms with van der Waals surface area (Å²) in [6.45, 7) is 0.0275. The van der Waals surface area contributed by atoms with Crippen LogP contribution in [0.3, 0.4) is 0 Å². The molecule has 0 saturated carbocycles. The fourth-order valence-electron chi connectivity index (χ4n) is 1.78. The van der Waals surface area contributed by atoms with E-state index in [9.17, 15) is 4.39 Å². The van der Waals surface area contributed by atoms with Gasteiger partial charge in [0, 0.05) is 5.56 Å². The Morgan fingerprint density at radius 1 is 1.11 bits per heavy atom. The summed E-state index contributed by atoms with van der Waals surface area (Å²) in [6, 6.07) is 12.0. The van der Waals surface area contributed by atoms with Crippen molar-refractivity contribution in [3.05, 3.63) is 53.8 Å². The summed E-state index contributed by atoms with van der Waals surface area (Å²) < 4.78 is 13.9. The summed E-state index contributed by atoms with van der Waals surface area (Å²) in [5.41, 5.74) is 2.68. The predicted molar refractivity (Wildman–Crippen MR) is 70.9 cm³/mol. The van der Waals surface area contributed by atoms with Gasteiger partial charge in [0.05, 0.1) is 16.8 Å². The van der Waals surface area contributed by atoms with E-state index in [4.69, 9.17) is 5.11 Å². The standard InChI is InChI=1S/C14H10FNOS/c15-11-4-2-10(3-5-11)14-16-12-6-1-9(8-17)7-13(12)18-14/h1-7,17H,8H2. The van der Waals surface area contributed by atoms with Crippen molar-refractivity contribution in [2.45, 2.75) is 6.61 Å². The number of hydrogen-bond acceptors (Lipinski definition) is 3. The van der Waals surface area contributed by atoms with Gasteiger partial charge in [-0.1, -0.05) is 6.07 Å². The molecule has 1 N–H and O–H groups in total. The average Bonchev–Trinajstić information content (AvgIpc) is 2.82. The normalized spacial score (nSPS) is 11.0. The number of halogens is 1. The van der Waals surface area contributed by atoms with Crippen LogP contribution in [0.2, 0.25) is 0 Å². The molecule has 1 heterocycles. The third-order valence-electron chi connectivity index (χ3n) is 2.73. The van der Waals surface area contributed by atoms with Crippen LogP contribution in [-0.2, 0) is 6.61 Å². The van der Waals surface area contributed by atoms with Crippen LogP contribution in [0.25, 0.3) is 20.8 Å². The molecule has 1 aromatic heterocycles. The smallest absolute Gasteiger partial charge is 0.124 e. The minimum atomic E-state index is -0.248. The fourth-order valence-corrected chi connectivity index (χ4v) is 2.82. The lowest BCUT2D eigenvalue weighted by Gasteiger charge is -1.94. The quantitative estimate of drug-likeness (QED) is 0.763. The molecule has 90 valence electrons. The highest BCUT2D eigenvalue weighted by atomic mass is 32.1. The third-order valence-corrected chi connectivity index (χ3v) is 3.79. The highest BCUT2D eigenvalue weighted by Gasteiger charge is 2.06. The van der Waals surface area contributed by atoms with E-state index in [0.717, 1.165) is 26.4 Å². The number of nitrogens with zero attached hydrogens (tertiary/aromatic N) is 1. The van der Waals surface area contributed by atoms with E-state index in [2.05, 4.69) is 4.98 Å². The Kier molecular flexibility index (Phi) is 2.81. The number of rotatable bonds is 2. The van der Waals surface area contributed by atoms with Gasteiger partial charge in [-0.05, 0) is 42.0 Å². The molecule has 3 aromatic rings. The first kappa shape index (κ1) is 11.3. The predicted octanol–water partition coefficient (Wildman–Crippen LogP) is 3.59. The van der Waals surface area contributed by atoms with Gasteiger partial charge in [-0.25, -0.2) is 9.37 Å². The Labute approximate surface area is 107 Å². The first-order chi connectivity index (χ1) is 8.76. The molecular formula is C14H10FNOS. The second kappa shape index (κ2) is 4.48. The molecule has 0 radical (unpaired) electrons. The van der Waals surface area contributed by atoms with Crippen LogP contribution >= 0.6 is 11.3 Å². The molecule has 2 nitrogen and oxygen atoms in total. The van der Waals surface area contributed by atoms with Crippen molar-refractivity contribution in [2.24, 2.45) is 0 Å². The number of benzene rings is 2. The number of thiazole rings is 1. The zero-order valence-electron chi connectivity index (χ0n) is 9.43. The van der Waals surface area contributed by atoms with Crippen LogP contribution in [-0.4, -0.2) is 10.1 Å². The van der Waals surface area contributed by atoms with Gasteiger partial charge in [0.25, 0.3) is 0 Å². The van der Waals surface area contributed by atoms with E-state index in [1.165, 1.54) is 12.1 Å². The minimum Gasteiger partial charge on any atom is -0.392 e. The molecule has 2 aromatic carbocycles. The number of hydrogen-bond donors (Lipinski definition) is 1. The van der Waals surface area contributed by atoms with Crippen LogP contribution in [0.1, 0.15) is 5.56 Å². The number of aromatic nitrogens is 1. The molecule has 0 spiro atoms. The molecule has 0 aliphatic heterocycles. The monoisotopic (exact) mass is 259 g/mol. The molecule has 0 amide bonds. The van der Waals surface area contributed by atoms with E-state index in [-0.39, 0.29) is 12.4 Å². The van der Waals surface area contributed by atoms with E-state index in [1.807, 2.05) is 18.2 Å². The van der Waals surface area contributed by atoms with Crippen molar-refractivity contribution in [2.75, 3.05) is 0 Å². The Bertz CT molecular complexity index is 691. The Balaban J connectivity index is 2.10. The Hall–Kier alpha value is -1.78. The van der Waals surface area contributed by atoms with Crippen LogP contribution in [0.5, 0.6) is 0 Å². The maximum absolute atomic E-state index is 12.9. The third kappa shape index (κ3) is 2.00. The lowest BCUT2D eigenvalue weighted by atomic mass is 10.2. The highest BCUT2D eigenvalue weighted by Crippen LogP contribution is 2.30. The summed E-state index contributed by atoms with van der Waals surface area (Å²) in [4.78, 5) is 4.50. The van der Waals surface area contributed by atoms with E-state index >= 15 is 0 Å². The topological polar surface area (TPSA) is 33.1 Å². The number of fused-ring (bicyclic) bond motifs is 1. The van der Waals surface area contributed by atoms with Crippen molar-refractivity contribution in [1.82, 2.24) is 4.98 Å². The molecular weight excluding hydrogens is 249 g/mol. The Morgan fingerprint density at radius 3 is 2.61 bits per heavy atom. The van der Waals surface area contributed by atoms with Crippen LogP contribution in [0, 0.1) is 5.82 Å². The van der Waals surface area contributed by atoms with Gasteiger partial charge in [0.2, 0.25) is 0 Å². The molecule has 0 unspecified atom stereocenters. The van der Waals surface area contributed by atoms with E-state index in [1.54, 1.807) is 23.5 Å². The van der Waals surface area contributed by atoms with Crippen molar-refractivity contribution in [3.63, 3.8) is 0 Å². The van der Waals surface area contributed by atoms with Gasteiger partial charge in [-0.3, -0.25) is 0 Å². The summed E-state index contributed by atoms with van der Waals surface area (Å²) in [5.74, 6) is -0.248. The van der Waals surface area contributed by atoms with E-state index in [0.29, 0.717) is 0 Å². The van der Waals surface area contributed by atoms with Crippen molar-refractivity contribution < 1.29 is 9.50 Å². The maximum atomic E-state index is 12.9. The van der Waals surface area contributed by atoms with Crippen LogP contribution in [0.15, 0.2) is 42.5 Å². The molecule has 0 fully saturated rings. The van der Waals surface area contributed by atoms with Crippen LogP contribution in [0.4, 0.5) is 4.39 Å². The average molecular weight is 259 g/mol. The fraction of sp³-hybridized carbons (Fsp3) is 0.0714. The van der Waals surface area contributed by atoms with Gasteiger partial charge in [-0.15, -0.1) is 11.3 Å². The van der Waals surface area contributed by atoms with Crippen LogP contribution < -0.4 is 0 Å². The zero-order chi connectivity index (χ0) is 12.5. The molecule has 0 bridgehead atoms. The van der Waals surface area contributed by atoms with Gasteiger partial charge in [0.1, 0.15) is 10.8 Å². The maximum Gasteiger partial charge on any atom is 0.124 e. The second-order valence-corrected chi connectivity index (χ2v) is 5.02. The van der Waals surface area contributed by atoms with Crippen molar-refractivity contribution >= 4 is 21.6 Å². The SMILES string of the molecule is OCc1ccc2nc(-c3ccc(F)cc3)sc2c1. The summed E-state index contributed by atoms with van der Waals surface area (Å²) >= 11 is 1.54. The van der Waals surface area contributed by atoms with Crippen molar-refractivity contribution in [3.8, 4) is 10.6 Å². The molecule has 3 rings (SSSR count). The largest absolute Gasteiger partial charge is 0.392 e. The van der Waals surface area contributed by atoms with E-state index < -0.39 is 0 Å². The summed E-state index contributed by atoms with van der Waals surface area (Å²) in [5, 5.41) is 9.96. The van der Waals surface area contributed by atoms with Gasteiger partial charge in [0.15, 0.2) is 0 Å². The first-order valence-corrected chi connectivity index (χ1v) is 6.34. The van der Waals surface area contributed by atoms with Crippen molar-refractivity contribution in [1.29, 1.82) is 0 Å². The summed E-state index contributed by atoms with van der Waals surface area (Å²) in [7, 11) is 0. The number of aliphatic hydroxyl groups excluding tert-OH is 1. The first-order valence-electron chi connectivity index (χ1n) is 5.52. The lowest BCUT2D eigenvalue weighted by Crippen LogP contribution is -1.80. The lowest BCUT2D eigenvalue weighted by molar-refractivity contribution is 0.282. The van der Waals surface area contributed by atoms with Gasteiger partial charge < -0.3 is 5.11 Å². The van der Waals surface area contributed by atoms with Gasteiger partial charge >= 0.3 is 0 Å². The molecule has 0 aliphatic carbocycles. The molecule has 0 atom stereocenters. The summed E-state index contributed by atoms with van der Waals surface area (Å²) in [6.07, 6.45) is 0.